The van der Waals surface area contributed by atoms with E-state index in [1.165, 1.54) is 28.8 Å². The third-order valence-electron chi connectivity index (χ3n) is 5.42. The van der Waals surface area contributed by atoms with Crippen LogP contribution in [0.4, 0.5) is 0 Å². The number of piperidine rings is 1. The topological polar surface area (TPSA) is 77.0 Å². The Morgan fingerprint density at radius 3 is 2.63 bits per heavy atom. The van der Waals surface area contributed by atoms with Crippen molar-refractivity contribution < 1.29 is 4.79 Å². The summed E-state index contributed by atoms with van der Waals surface area (Å²) < 4.78 is 2.06. The molecule has 8 heteroatoms. The molecular weight excluding hydrogens is 396 g/mol. The highest BCUT2D eigenvalue weighted by atomic mass is 32.2. The molecule has 3 aliphatic rings. The highest BCUT2D eigenvalue weighted by Crippen LogP contribution is 2.30. The number of fused-ring (bicyclic) bond motifs is 1. The van der Waals surface area contributed by atoms with Crippen molar-refractivity contribution in [2.24, 2.45) is 10.1 Å². The maximum absolute atomic E-state index is 12.7. The van der Waals surface area contributed by atoms with Gasteiger partial charge in [0.2, 0.25) is 5.17 Å². The third kappa shape index (κ3) is 3.59. The number of rotatable bonds is 3. The number of likely N-dealkylation sites (tertiary alicyclic amines) is 1. The lowest BCUT2D eigenvalue weighted by atomic mass is 10.1. The van der Waals surface area contributed by atoms with Crippen LogP contribution in [0.15, 0.2) is 64.3 Å². The Hall–Kier alpha value is -3.13. The Balaban J connectivity index is 1.41. The lowest BCUT2D eigenvalue weighted by Gasteiger charge is -2.26. The molecule has 7 nitrogen and oxygen atoms in total. The molecule has 0 saturated carbocycles. The molecule has 5 rings (SSSR count). The van der Waals surface area contributed by atoms with E-state index in [9.17, 15) is 4.79 Å². The summed E-state index contributed by atoms with van der Waals surface area (Å²) in [6, 6.07) is 14.0. The van der Waals surface area contributed by atoms with Gasteiger partial charge in [-0.25, -0.2) is 0 Å². The van der Waals surface area contributed by atoms with Crippen molar-refractivity contribution in [3.05, 3.63) is 65.5 Å². The molecule has 0 unspecified atom stereocenters. The van der Waals surface area contributed by atoms with Gasteiger partial charge in [0.25, 0.3) is 5.91 Å². The quantitative estimate of drug-likeness (QED) is 0.773. The van der Waals surface area contributed by atoms with Crippen molar-refractivity contribution in [3.63, 3.8) is 0 Å². The molecule has 1 aromatic heterocycles. The second-order valence-corrected chi connectivity index (χ2v) is 8.43. The summed E-state index contributed by atoms with van der Waals surface area (Å²) >= 11 is 1.38. The summed E-state index contributed by atoms with van der Waals surface area (Å²) in [7, 11) is 0. The van der Waals surface area contributed by atoms with Crippen molar-refractivity contribution in [1.29, 1.82) is 5.41 Å². The maximum Gasteiger partial charge on any atom is 0.283 e. The number of amides is 1. The van der Waals surface area contributed by atoms with Gasteiger partial charge in [-0.15, -0.1) is 5.10 Å². The van der Waals surface area contributed by atoms with Crippen LogP contribution in [0.1, 0.15) is 30.5 Å². The molecule has 0 bridgehead atoms. The van der Waals surface area contributed by atoms with Crippen molar-refractivity contribution in [1.82, 2.24) is 14.5 Å². The van der Waals surface area contributed by atoms with Crippen LogP contribution < -0.4 is 0 Å². The first kappa shape index (κ1) is 18.9. The first-order valence-electron chi connectivity index (χ1n) is 10.1. The van der Waals surface area contributed by atoms with Gasteiger partial charge in [0.15, 0.2) is 11.0 Å². The Labute approximate surface area is 179 Å². The van der Waals surface area contributed by atoms with Gasteiger partial charge in [0.1, 0.15) is 0 Å². The van der Waals surface area contributed by atoms with E-state index in [0.717, 1.165) is 36.8 Å². The van der Waals surface area contributed by atoms with E-state index in [1.807, 2.05) is 36.5 Å². The number of aromatic nitrogens is 1. The average molecular weight is 419 g/mol. The standard InChI is InChI=1S/C22H22N6OS/c23-19-18(14-17-10-7-13-27(17)15-16-8-3-1-4-9-16)20(29)24-21-28(19)25-22(30-21)26-11-5-2-6-12-26/h1,3-4,7-10,13-14,23H,2,5-6,11-12,15H2/b18-14+,23-19?. The first-order chi connectivity index (χ1) is 14.7. The number of nitrogens with zero attached hydrogens (tertiary/aromatic N) is 5. The van der Waals surface area contributed by atoms with Crippen LogP contribution in [-0.4, -0.2) is 49.6 Å². The number of carbonyl (C=O) groups excluding carboxylic acids is 1. The molecule has 1 amide bonds. The van der Waals surface area contributed by atoms with Crippen molar-refractivity contribution >= 4 is 39.9 Å². The van der Waals surface area contributed by atoms with Crippen LogP contribution in [0.25, 0.3) is 6.08 Å². The summed E-state index contributed by atoms with van der Waals surface area (Å²) in [6.45, 7) is 2.62. The molecule has 2 aromatic rings. The fourth-order valence-corrected chi connectivity index (χ4v) is 4.77. The van der Waals surface area contributed by atoms with Gasteiger partial charge in [-0.3, -0.25) is 10.2 Å². The Kier molecular flexibility index (Phi) is 5.00. The number of amidine groups is 3. The fourth-order valence-electron chi connectivity index (χ4n) is 3.83. The number of nitrogens with one attached hydrogen (secondary N) is 1. The van der Waals surface area contributed by atoms with Gasteiger partial charge in [0.05, 0.1) is 5.57 Å². The van der Waals surface area contributed by atoms with Gasteiger partial charge in [0, 0.05) is 31.5 Å². The molecule has 0 radical (unpaired) electrons. The minimum atomic E-state index is -0.388. The van der Waals surface area contributed by atoms with E-state index in [4.69, 9.17) is 5.41 Å². The summed E-state index contributed by atoms with van der Waals surface area (Å²) in [5.41, 5.74) is 2.29. The van der Waals surface area contributed by atoms with Crippen molar-refractivity contribution in [2.45, 2.75) is 25.8 Å². The largest absolute Gasteiger partial charge is 0.349 e. The summed E-state index contributed by atoms with van der Waals surface area (Å²) in [6.07, 6.45) is 7.25. The van der Waals surface area contributed by atoms with E-state index in [0.29, 0.717) is 11.7 Å². The zero-order valence-corrected chi connectivity index (χ0v) is 17.3. The average Bonchev–Trinajstić information content (AvgIpc) is 3.39. The number of hydrogen-bond donors (Lipinski definition) is 1. The molecule has 1 N–H and O–H groups in total. The number of thioether (sulfide) groups is 1. The van der Waals surface area contributed by atoms with Gasteiger partial charge < -0.3 is 9.47 Å². The van der Waals surface area contributed by atoms with Crippen LogP contribution in [0.3, 0.4) is 0 Å². The SMILES string of the molecule is N=C1/C(=C\c2cccn2Cc2ccccc2)C(=O)N=C2SC(N3CCCCC3)=NN12. The molecule has 0 atom stereocenters. The first-order valence-corrected chi connectivity index (χ1v) is 10.9. The fraction of sp³-hybridized carbons (Fsp3) is 0.273. The van der Waals surface area contributed by atoms with E-state index in [-0.39, 0.29) is 17.3 Å². The lowest BCUT2D eigenvalue weighted by molar-refractivity contribution is -0.114. The predicted molar refractivity (Wildman–Crippen MR) is 120 cm³/mol. The van der Waals surface area contributed by atoms with Crippen LogP contribution in [0, 0.1) is 5.41 Å². The molecule has 1 aromatic carbocycles. The number of hydrogen-bond acceptors (Lipinski definition) is 5. The number of aliphatic imine (C=N–C) groups is 1. The van der Waals surface area contributed by atoms with Gasteiger partial charge in [-0.1, -0.05) is 30.3 Å². The summed E-state index contributed by atoms with van der Waals surface area (Å²) in [5.74, 6) is -0.307. The minimum Gasteiger partial charge on any atom is -0.349 e. The summed E-state index contributed by atoms with van der Waals surface area (Å²) in [5, 5.41) is 16.0. The van der Waals surface area contributed by atoms with Crippen molar-refractivity contribution in [3.8, 4) is 0 Å². The highest BCUT2D eigenvalue weighted by Gasteiger charge is 2.37. The number of benzene rings is 1. The Morgan fingerprint density at radius 1 is 1.03 bits per heavy atom. The highest BCUT2D eigenvalue weighted by molar-refractivity contribution is 8.26. The minimum absolute atomic E-state index is 0.0805. The van der Waals surface area contributed by atoms with Gasteiger partial charge in [-0.05, 0) is 54.8 Å². The maximum atomic E-state index is 12.7. The van der Waals surface area contributed by atoms with Crippen molar-refractivity contribution in [2.75, 3.05) is 13.1 Å². The molecule has 3 aliphatic heterocycles. The monoisotopic (exact) mass is 418 g/mol. The normalized spacial score (nSPS) is 20.5. The zero-order chi connectivity index (χ0) is 20.5. The molecule has 152 valence electrons. The van der Waals surface area contributed by atoms with E-state index >= 15 is 0 Å². The second kappa shape index (κ2) is 7.95. The van der Waals surface area contributed by atoms with Gasteiger partial charge in [-0.2, -0.15) is 10.0 Å². The van der Waals surface area contributed by atoms with Crippen LogP contribution in [0.5, 0.6) is 0 Å². The van der Waals surface area contributed by atoms with E-state index < -0.39 is 0 Å². The summed E-state index contributed by atoms with van der Waals surface area (Å²) in [4.78, 5) is 19.2. The molecule has 4 heterocycles. The molecule has 1 fully saturated rings. The van der Waals surface area contributed by atoms with Crippen LogP contribution in [0.2, 0.25) is 0 Å². The predicted octanol–water partition coefficient (Wildman–Crippen LogP) is 3.60. The van der Waals surface area contributed by atoms with E-state index in [1.54, 1.807) is 6.08 Å². The Bertz CT molecular complexity index is 1080. The van der Waals surface area contributed by atoms with E-state index in [2.05, 4.69) is 31.7 Å². The second-order valence-electron chi connectivity index (χ2n) is 7.50. The molecule has 1 saturated heterocycles. The molecule has 0 aliphatic carbocycles. The third-order valence-corrected chi connectivity index (χ3v) is 6.39. The molecular formula is C22H22N6OS. The molecule has 30 heavy (non-hydrogen) atoms. The number of carbonyl (C=O) groups is 1. The number of hydrazone groups is 1. The molecule has 0 spiro atoms. The zero-order valence-electron chi connectivity index (χ0n) is 16.5. The smallest absolute Gasteiger partial charge is 0.283 e. The Morgan fingerprint density at radius 2 is 1.83 bits per heavy atom. The van der Waals surface area contributed by atoms with Crippen LogP contribution in [-0.2, 0) is 11.3 Å². The van der Waals surface area contributed by atoms with Crippen LogP contribution >= 0.6 is 11.8 Å². The lowest BCUT2D eigenvalue weighted by Crippen LogP contribution is -2.35. The van der Waals surface area contributed by atoms with Gasteiger partial charge >= 0.3 is 0 Å².